The second kappa shape index (κ2) is 5.29. The van der Waals surface area contributed by atoms with Crippen LogP contribution in [0.2, 0.25) is 0 Å². The fourth-order valence-corrected chi connectivity index (χ4v) is 1.97. The highest BCUT2D eigenvalue weighted by molar-refractivity contribution is 7.97. The molecule has 0 aliphatic rings. The van der Waals surface area contributed by atoms with E-state index in [2.05, 4.69) is 0 Å². The van der Waals surface area contributed by atoms with Crippen LogP contribution in [-0.4, -0.2) is 28.1 Å². The quantitative estimate of drug-likeness (QED) is 0.349. The summed E-state index contributed by atoms with van der Waals surface area (Å²) >= 11 is 1.19. The number of nitro groups is 1. The molecule has 5 nitrogen and oxygen atoms in total. The highest BCUT2D eigenvalue weighted by atomic mass is 32.2. The van der Waals surface area contributed by atoms with Gasteiger partial charge in [0.05, 0.1) is 10.5 Å². The van der Waals surface area contributed by atoms with E-state index in [1.807, 2.05) is 0 Å². The second-order valence-electron chi connectivity index (χ2n) is 4.09. The zero-order chi connectivity index (χ0) is 13.1. The Balaban J connectivity index is 2.96. The Kier molecular flexibility index (Phi) is 4.25. The summed E-state index contributed by atoms with van der Waals surface area (Å²) in [5.74, 6) is 0. The molecule has 0 saturated heterocycles. The molecule has 1 aromatic rings. The van der Waals surface area contributed by atoms with Gasteiger partial charge in [-0.3, -0.25) is 10.1 Å². The molecule has 0 N–H and O–H groups in total. The van der Waals surface area contributed by atoms with Gasteiger partial charge in [0.25, 0.3) is 5.69 Å². The molecule has 0 unspecified atom stereocenters. The third-order valence-electron chi connectivity index (χ3n) is 2.40. The molecule has 0 aromatic heterocycles. The Hall–Kier alpha value is -1.40. The summed E-state index contributed by atoms with van der Waals surface area (Å²) in [6.45, 7) is 3.50. The van der Waals surface area contributed by atoms with Crippen LogP contribution in [0.1, 0.15) is 13.8 Å². The van der Waals surface area contributed by atoms with Gasteiger partial charge in [0.2, 0.25) is 0 Å². The summed E-state index contributed by atoms with van der Waals surface area (Å²) in [5.41, 5.74) is -0.625. The van der Waals surface area contributed by atoms with Crippen molar-refractivity contribution in [3.05, 3.63) is 34.4 Å². The van der Waals surface area contributed by atoms with Crippen molar-refractivity contribution in [3.63, 3.8) is 0 Å². The molecule has 0 amide bonds. The summed E-state index contributed by atoms with van der Waals surface area (Å²) in [5, 5.41) is 10.8. The highest BCUT2D eigenvalue weighted by Gasteiger charge is 2.26. The summed E-state index contributed by atoms with van der Waals surface area (Å²) < 4.78 is 1.70. The molecule has 1 aromatic carbocycles. The number of likely N-dealkylation sites (N-methyl/N-ethyl adjacent to an activating group) is 1. The fourth-order valence-electron chi connectivity index (χ4n) is 1.02. The summed E-state index contributed by atoms with van der Waals surface area (Å²) in [6, 6.07) is 6.47. The van der Waals surface area contributed by atoms with Gasteiger partial charge in [0.1, 0.15) is 11.2 Å². The van der Waals surface area contributed by atoms with Gasteiger partial charge in [0.15, 0.2) is 0 Å². The van der Waals surface area contributed by atoms with Crippen molar-refractivity contribution < 1.29 is 9.72 Å². The van der Waals surface area contributed by atoms with Gasteiger partial charge >= 0.3 is 0 Å². The Morgan fingerprint density at radius 1 is 1.41 bits per heavy atom. The zero-order valence-corrected chi connectivity index (χ0v) is 10.7. The van der Waals surface area contributed by atoms with E-state index in [1.165, 1.54) is 18.0 Å². The predicted octanol–water partition coefficient (Wildman–Crippen LogP) is 2.51. The minimum atomic E-state index is -0.672. The lowest BCUT2D eigenvalue weighted by Crippen LogP contribution is -2.37. The Bertz CT molecular complexity index is 434. The van der Waals surface area contributed by atoms with E-state index in [0.717, 1.165) is 6.29 Å². The maximum Gasteiger partial charge on any atom is 0.284 e. The maximum atomic E-state index is 10.9. The molecule has 0 spiro atoms. The lowest BCUT2D eigenvalue weighted by atomic mass is 10.1. The monoisotopic (exact) mass is 254 g/mol. The van der Waals surface area contributed by atoms with Crippen molar-refractivity contribution in [2.75, 3.05) is 7.05 Å². The molecule has 0 atom stereocenters. The van der Waals surface area contributed by atoms with Crippen molar-refractivity contribution >= 4 is 23.9 Å². The molecule has 0 aliphatic heterocycles. The number of hydrogen-bond acceptors (Lipinski definition) is 5. The van der Waals surface area contributed by atoms with Gasteiger partial charge in [-0.05, 0) is 38.9 Å². The largest absolute Gasteiger partial charge is 0.301 e. The molecule has 17 heavy (non-hydrogen) atoms. The Morgan fingerprint density at radius 2 is 2.00 bits per heavy atom. The zero-order valence-electron chi connectivity index (χ0n) is 9.91. The van der Waals surface area contributed by atoms with E-state index >= 15 is 0 Å². The van der Waals surface area contributed by atoms with Crippen LogP contribution < -0.4 is 0 Å². The number of nitrogens with zero attached hydrogens (tertiary/aromatic N) is 2. The van der Waals surface area contributed by atoms with E-state index in [9.17, 15) is 14.9 Å². The minimum absolute atomic E-state index is 0.0473. The number of carbonyl (C=O) groups excluding carboxylic acids is 1. The standard InChI is InChI=1S/C11H14N2O3S/c1-11(2,8-14)12(3)17-10-7-5-4-6-9(10)13(15)16/h4-8H,1-3H3. The maximum absolute atomic E-state index is 10.9. The molecule has 0 fully saturated rings. The highest BCUT2D eigenvalue weighted by Crippen LogP contribution is 2.33. The summed E-state index contributed by atoms with van der Waals surface area (Å²) in [4.78, 5) is 21.8. The molecule has 0 saturated carbocycles. The molecule has 0 heterocycles. The molecule has 0 radical (unpaired) electrons. The van der Waals surface area contributed by atoms with Gasteiger partial charge in [0, 0.05) is 6.07 Å². The van der Waals surface area contributed by atoms with Crippen molar-refractivity contribution in [1.29, 1.82) is 0 Å². The van der Waals surface area contributed by atoms with Gasteiger partial charge in [-0.1, -0.05) is 12.1 Å². The first-order valence-corrected chi connectivity index (χ1v) is 5.77. The van der Waals surface area contributed by atoms with Crippen LogP contribution in [0.4, 0.5) is 5.69 Å². The number of benzene rings is 1. The second-order valence-corrected chi connectivity index (χ2v) is 5.26. The molecular formula is C11H14N2O3S. The van der Waals surface area contributed by atoms with E-state index in [0.29, 0.717) is 4.90 Å². The van der Waals surface area contributed by atoms with Crippen LogP contribution >= 0.6 is 11.9 Å². The van der Waals surface area contributed by atoms with Crippen LogP contribution in [0, 0.1) is 10.1 Å². The van der Waals surface area contributed by atoms with Crippen molar-refractivity contribution in [3.8, 4) is 0 Å². The first-order valence-electron chi connectivity index (χ1n) is 5.00. The van der Waals surface area contributed by atoms with Crippen LogP contribution in [0.25, 0.3) is 0 Å². The van der Waals surface area contributed by atoms with E-state index in [-0.39, 0.29) is 5.69 Å². The number of para-hydroxylation sites is 1. The predicted molar refractivity (Wildman–Crippen MR) is 66.9 cm³/mol. The van der Waals surface area contributed by atoms with Crippen LogP contribution in [0.15, 0.2) is 29.2 Å². The van der Waals surface area contributed by atoms with Crippen LogP contribution in [0.5, 0.6) is 0 Å². The molecule has 1 rings (SSSR count). The average molecular weight is 254 g/mol. The van der Waals surface area contributed by atoms with E-state index in [1.54, 1.807) is 43.4 Å². The minimum Gasteiger partial charge on any atom is -0.301 e. The first kappa shape index (κ1) is 13.7. The molecule has 0 bridgehead atoms. The van der Waals surface area contributed by atoms with Crippen molar-refractivity contribution in [2.45, 2.75) is 24.3 Å². The van der Waals surface area contributed by atoms with Gasteiger partial charge in [-0.15, -0.1) is 0 Å². The topological polar surface area (TPSA) is 63.4 Å². The smallest absolute Gasteiger partial charge is 0.284 e. The fraction of sp³-hybridized carbons (Fsp3) is 0.364. The van der Waals surface area contributed by atoms with Gasteiger partial charge in [-0.25, -0.2) is 4.31 Å². The Morgan fingerprint density at radius 3 is 2.53 bits per heavy atom. The number of hydrogen-bond donors (Lipinski definition) is 0. The van der Waals surface area contributed by atoms with Gasteiger partial charge < -0.3 is 4.79 Å². The molecule has 6 heteroatoms. The summed E-state index contributed by atoms with van der Waals surface area (Å²) in [6.07, 6.45) is 0.814. The number of carbonyl (C=O) groups is 1. The number of aldehydes is 1. The van der Waals surface area contributed by atoms with Crippen LogP contribution in [0.3, 0.4) is 0 Å². The Labute approximate surface area is 104 Å². The van der Waals surface area contributed by atoms with E-state index in [4.69, 9.17) is 0 Å². The number of nitro benzene ring substituents is 1. The average Bonchev–Trinajstić information content (AvgIpc) is 2.29. The molecule has 0 aliphatic carbocycles. The molecular weight excluding hydrogens is 240 g/mol. The lowest BCUT2D eigenvalue weighted by Gasteiger charge is -2.28. The number of rotatable bonds is 5. The van der Waals surface area contributed by atoms with Crippen molar-refractivity contribution in [1.82, 2.24) is 4.31 Å². The van der Waals surface area contributed by atoms with Crippen molar-refractivity contribution in [2.24, 2.45) is 0 Å². The lowest BCUT2D eigenvalue weighted by molar-refractivity contribution is -0.387. The third-order valence-corrected chi connectivity index (χ3v) is 3.68. The normalized spacial score (nSPS) is 11.5. The van der Waals surface area contributed by atoms with Crippen LogP contribution in [-0.2, 0) is 4.79 Å². The summed E-state index contributed by atoms with van der Waals surface area (Å²) in [7, 11) is 1.73. The van der Waals surface area contributed by atoms with E-state index < -0.39 is 10.5 Å². The van der Waals surface area contributed by atoms with Gasteiger partial charge in [-0.2, -0.15) is 0 Å². The third kappa shape index (κ3) is 3.28. The first-order chi connectivity index (χ1) is 7.88. The molecule has 92 valence electrons. The SMILES string of the molecule is CN(Sc1ccccc1[N+](=O)[O-])C(C)(C)C=O.